The van der Waals surface area contributed by atoms with E-state index >= 15 is 0 Å². The lowest BCUT2D eigenvalue weighted by Gasteiger charge is -2.20. The highest BCUT2D eigenvalue weighted by atomic mass is 15.2. The molecular formula is C21H21N5. The summed E-state index contributed by atoms with van der Waals surface area (Å²) in [5.74, 6) is 0.850. The topological polar surface area (TPSA) is 46.8 Å². The fourth-order valence-corrected chi connectivity index (χ4v) is 4.15. The van der Waals surface area contributed by atoms with Gasteiger partial charge in [-0.05, 0) is 24.3 Å². The first-order valence-electron chi connectivity index (χ1n) is 9.22. The summed E-state index contributed by atoms with van der Waals surface area (Å²) >= 11 is 0. The van der Waals surface area contributed by atoms with Crippen LogP contribution in [0.15, 0.2) is 55.1 Å². The summed E-state index contributed by atoms with van der Waals surface area (Å²) in [6.07, 6.45) is 8.60. The minimum absolute atomic E-state index is 0.519. The van der Waals surface area contributed by atoms with Crippen LogP contribution in [-0.2, 0) is 0 Å². The zero-order valence-electron chi connectivity index (χ0n) is 14.8. The molecule has 0 bridgehead atoms. The number of aromatic nitrogens is 4. The van der Waals surface area contributed by atoms with Crippen LogP contribution in [0.4, 0.5) is 11.5 Å². The third-order valence-electron chi connectivity index (χ3n) is 5.50. The average Bonchev–Trinajstić information content (AvgIpc) is 3.36. The number of hydrogen-bond acceptors (Lipinski definition) is 4. The van der Waals surface area contributed by atoms with Gasteiger partial charge in [-0.3, -0.25) is 0 Å². The van der Waals surface area contributed by atoms with Gasteiger partial charge in [0, 0.05) is 24.2 Å². The third-order valence-corrected chi connectivity index (χ3v) is 5.50. The summed E-state index contributed by atoms with van der Waals surface area (Å²) in [6.45, 7) is 0. The van der Waals surface area contributed by atoms with E-state index in [1.807, 2.05) is 6.33 Å². The number of fused-ring (bicyclic) bond motifs is 2. The van der Waals surface area contributed by atoms with Gasteiger partial charge in [0.1, 0.15) is 6.33 Å². The van der Waals surface area contributed by atoms with Crippen LogP contribution >= 0.6 is 0 Å². The van der Waals surface area contributed by atoms with E-state index in [1.54, 1.807) is 6.33 Å². The first-order valence-corrected chi connectivity index (χ1v) is 9.22. The highest BCUT2D eigenvalue weighted by molar-refractivity contribution is 5.98. The van der Waals surface area contributed by atoms with Gasteiger partial charge in [-0.25, -0.2) is 15.0 Å². The molecule has 1 aliphatic rings. The Morgan fingerprint density at radius 2 is 1.77 bits per heavy atom. The van der Waals surface area contributed by atoms with Crippen molar-refractivity contribution in [2.75, 3.05) is 11.9 Å². The molecule has 0 atom stereocenters. The largest absolute Gasteiger partial charge is 0.327 e. The van der Waals surface area contributed by atoms with Gasteiger partial charge in [0.15, 0.2) is 17.0 Å². The molecule has 1 fully saturated rings. The normalized spacial score (nSPS) is 15.1. The van der Waals surface area contributed by atoms with Crippen LogP contribution in [-0.4, -0.2) is 26.6 Å². The average molecular weight is 343 g/mol. The predicted molar refractivity (Wildman–Crippen MR) is 105 cm³/mol. The first-order chi connectivity index (χ1) is 12.8. The van der Waals surface area contributed by atoms with Crippen LogP contribution in [0.25, 0.3) is 21.9 Å². The Bertz CT molecular complexity index is 1070. The molecule has 130 valence electrons. The maximum atomic E-state index is 4.69. The number of rotatable bonds is 3. The van der Waals surface area contributed by atoms with E-state index in [4.69, 9.17) is 0 Å². The minimum Gasteiger partial charge on any atom is -0.327 e. The van der Waals surface area contributed by atoms with Gasteiger partial charge in [-0.15, -0.1) is 0 Å². The fraction of sp³-hybridized carbons (Fsp3) is 0.286. The smallest absolute Gasteiger partial charge is 0.165 e. The summed E-state index contributed by atoms with van der Waals surface area (Å²) in [5.41, 5.74) is 2.93. The Balaban J connectivity index is 1.64. The quantitative estimate of drug-likeness (QED) is 0.533. The van der Waals surface area contributed by atoms with Crippen LogP contribution in [0.5, 0.6) is 0 Å². The second-order valence-electron chi connectivity index (χ2n) is 7.02. The number of nitrogens with zero attached hydrogens (tertiary/aromatic N) is 5. The zero-order chi connectivity index (χ0) is 17.5. The first kappa shape index (κ1) is 15.3. The van der Waals surface area contributed by atoms with Crippen molar-refractivity contribution in [1.82, 2.24) is 19.5 Å². The second-order valence-corrected chi connectivity index (χ2v) is 7.02. The molecule has 0 aliphatic heterocycles. The third kappa shape index (κ3) is 2.35. The molecule has 2 aromatic heterocycles. The van der Waals surface area contributed by atoms with Crippen molar-refractivity contribution in [2.45, 2.75) is 31.7 Å². The van der Waals surface area contributed by atoms with Crippen molar-refractivity contribution in [2.24, 2.45) is 0 Å². The summed E-state index contributed by atoms with van der Waals surface area (Å²) in [6, 6.07) is 15.3. The number of imidazole rings is 1. The van der Waals surface area contributed by atoms with Crippen molar-refractivity contribution >= 4 is 33.4 Å². The molecule has 5 heteroatoms. The number of hydrogen-bond donors (Lipinski definition) is 0. The van der Waals surface area contributed by atoms with Crippen molar-refractivity contribution < 1.29 is 0 Å². The second kappa shape index (κ2) is 6.09. The molecule has 0 unspecified atom stereocenters. The number of anilines is 2. The maximum absolute atomic E-state index is 4.69. The van der Waals surface area contributed by atoms with Crippen LogP contribution in [0, 0.1) is 0 Å². The van der Waals surface area contributed by atoms with E-state index in [0.29, 0.717) is 6.04 Å². The van der Waals surface area contributed by atoms with E-state index in [2.05, 4.69) is 73.9 Å². The van der Waals surface area contributed by atoms with Gasteiger partial charge in [0.2, 0.25) is 0 Å². The summed E-state index contributed by atoms with van der Waals surface area (Å²) in [5, 5.41) is 2.43. The Morgan fingerprint density at radius 1 is 0.962 bits per heavy atom. The molecule has 0 spiro atoms. The minimum atomic E-state index is 0.519. The van der Waals surface area contributed by atoms with Crippen molar-refractivity contribution in [3.63, 3.8) is 0 Å². The highest BCUT2D eigenvalue weighted by Gasteiger charge is 2.22. The van der Waals surface area contributed by atoms with E-state index in [9.17, 15) is 0 Å². The Morgan fingerprint density at radius 3 is 2.65 bits per heavy atom. The number of benzene rings is 2. The molecule has 5 rings (SSSR count). The molecule has 1 aliphatic carbocycles. The Kier molecular flexibility index (Phi) is 3.59. The molecule has 0 amide bonds. The molecular weight excluding hydrogens is 322 g/mol. The van der Waals surface area contributed by atoms with Gasteiger partial charge in [0.05, 0.1) is 6.33 Å². The zero-order valence-corrected chi connectivity index (χ0v) is 14.8. The van der Waals surface area contributed by atoms with Crippen LogP contribution in [0.1, 0.15) is 31.7 Å². The molecule has 2 aromatic carbocycles. The SMILES string of the molecule is CN(c1cccc2ccccc12)c1ncnc2c1ncn2C1CCCC1. The molecule has 4 aromatic rings. The molecule has 0 N–H and O–H groups in total. The van der Waals surface area contributed by atoms with Crippen molar-refractivity contribution in [1.29, 1.82) is 0 Å². The van der Waals surface area contributed by atoms with Gasteiger partial charge < -0.3 is 9.47 Å². The van der Waals surface area contributed by atoms with Crippen molar-refractivity contribution in [3.05, 3.63) is 55.1 Å². The fourth-order valence-electron chi connectivity index (χ4n) is 4.15. The van der Waals surface area contributed by atoms with Gasteiger partial charge in [-0.2, -0.15) is 0 Å². The van der Waals surface area contributed by atoms with Crippen LogP contribution in [0.3, 0.4) is 0 Å². The standard InChI is InChI=1S/C21H21N5/c1-25(18-12-6-8-15-7-2-5-11-17(15)18)20-19-21(23-13-22-20)26(14-24-19)16-9-3-4-10-16/h2,5-8,11-14,16H,3-4,9-10H2,1H3. The summed E-state index contributed by atoms with van der Waals surface area (Å²) in [4.78, 5) is 15.9. The van der Waals surface area contributed by atoms with Gasteiger partial charge >= 0.3 is 0 Å². The van der Waals surface area contributed by atoms with E-state index in [1.165, 1.54) is 36.5 Å². The lowest BCUT2D eigenvalue weighted by molar-refractivity contribution is 0.529. The Hall–Kier alpha value is -2.95. The summed E-state index contributed by atoms with van der Waals surface area (Å²) < 4.78 is 2.24. The van der Waals surface area contributed by atoms with Gasteiger partial charge in [0.25, 0.3) is 0 Å². The molecule has 0 radical (unpaired) electrons. The van der Waals surface area contributed by atoms with Crippen molar-refractivity contribution in [3.8, 4) is 0 Å². The maximum Gasteiger partial charge on any atom is 0.165 e. The molecule has 26 heavy (non-hydrogen) atoms. The van der Waals surface area contributed by atoms with Crippen LogP contribution < -0.4 is 4.90 Å². The van der Waals surface area contributed by atoms with E-state index in [0.717, 1.165) is 22.7 Å². The molecule has 5 nitrogen and oxygen atoms in total. The molecule has 0 saturated heterocycles. The predicted octanol–water partition coefficient (Wildman–Crippen LogP) is 4.86. The van der Waals surface area contributed by atoms with E-state index in [-0.39, 0.29) is 0 Å². The van der Waals surface area contributed by atoms with Crippen LogP contribution in [0.2, 0.25) is 0 Å². The van der Waals surface area contributed by atoms with Gasteiger partial charge in [-0.1, -0.05) is 49.2 Å². The Labute approximate surface area is 152 Å². The lowest BCUT2D eigenvalue weighted by Crippen LogP contribution is -2.13. The highest BCUT2D eigenvalue weighted by Crippen LogP contribution is 2.35. The lowest BCUT2D eigenvalue weighted by atomic mass is 10.1. The summed E-state index contributed by atoms with van der Waals surface area (Å²) in [7, 11) is 2.05. The molecule has 1 saturated carbocycles. The molecule has 2 heterocycles. The van der Waals surface area contributed by atoms with E-state index < -0.39 is 0 Å². The monoisotopic (exact) mass is 343 g/mol.